The largest absolute Gasteiger partial charge is 0.302 e. The number of rotatable bonds is 5. The average Bonchev–Trinajstić information content (AvgIpc) is 3.32. The number of thiophene rings is 1. The molecule has 0 unspecified atom stereocenters. The van der Waals surface area contributed by atoms with Crippen molar-refractivity contribution in [1.82, 2.24) is 4.98 Å². The minimum atomic E-state index is -3.30. The summed E-state index contributed by atoms with van der Waals surface area (Å²) in [6.45, 7) is 1.91. The molecule has 3 aromatic rings. The third kappa shape index (κ3) is 3.82. The normalized spacial score (nSPS) is 16.2. The number of anilines is 2. The van der Waals surface area contributed by atoms with Crippen molar-refractivity contribution in [3.05, 3.63) is 51.5 Å². The molecule has 0 bridgehead atoms. The third-order valence-corrected chi connectivity index (χ3v) is 7.46. The van der Waals surface area contributed by atoms with E-state index in [0.29, 0.717) is 18.0 Å². The second-order valence-electron chi connectivity index (χ2n) is 6.80. The van der Waals surface area contributed by atoms with Crippen molar-refractivity contribution in [2.24, 2.45) is 0 Å². The Morgan fingerprint density at radius 2 is 2.14 bits per heavy atom. The number of benzene rings is 1. The van der Waals surface area contributed by atoms with Gasteiger partial charge in [-0.2, -0.15) is 0 Å². The first-order valence-electron chi connectivity index (χ1n) is 8.72. The summed E-state index contributed by atoms with van der Waals surface area (Å²) in [4.78, 5) is 17.7. The molecule has 0 spiro atoms. The molecule has 1 atom stereocenters. The Kier molecular flexibility index (Phi) is 4.98. The molecule has 1 aromatic carbocycles. The van der Waals surface area contributed by atoms with Gasteiger partial charge >= 0.3 is 0 Å². The number of carbonyl (C=O) groups is 1. The van der Waals surface area contributed by atoms with Crippen LogP contribution in [0.1, 0.15) is 17.4 Å². The molecule has 0 fully saturated rings. The van der Waals surface area contributed by atoms with Crippen LogP contribution in [0.5, 0.6) is 0 Å². The molecule has 4 rings (SSSR count). The lowest BCUT2D eigenvalue weighted by Gasteiger charge is -2.21. The van der Waals surface area contributed by atoms with E-state index in [0.717, 1.165) is 27.4 Å². The van der Waals surface area contributed by atoms with E-state index >= 15 is 0 Å². The van der Waals surface area contributed by atoms with E-state index in [-0.39, 0.29) is 11.9 Å². The highest BCUT2D eigenvalue weighted by atomic mass is 32.2. The maximum absolute atomic E-state index is 12.1. The Morgan fingerprint density at radius 1 is 1.32 bits per heavy atom. The number of carbonyl (C=O) groups excluding carboxylic acids is 1. The highest BCUT2D eigenvalue weighted by Crippen LogP contribution is 2.37. The lowest BCUT2D eigenvalue weighted by atomic mass is 10.1. The minimum absolute atomic E-state index is 0.0880. The van der Waals surface area contributed by atoms with Gasteiger partial charge in [0.05, 0.1) is 24.1 Å². The Labute approximate surface area is 171 Å². The van der Waals surface area contributed by atoms with Crippen LogP contribution in [0, 0.1) is 0 Å². The molecule has 146 valence electrons. The molecule has 2 aromatic heterocycles. The lowest BCUT2D eigenvalue weighted by Crippen LogP contribution is -2.34. The maximum Gasteiger partial charge on any atom is 0.232 e. The first-order chi connectivity index (χ1) is 13.3. The molecule has 0 radical (unpaired) electrons. The SMILES string of the molecule is C[C@@H]1Cc2cc(-c3csc(NC(=O)Cc4cccs4)n3)ccc2N1S(C)(=O)=O. The smallest absolute Gasteiger partial charge is 0.232 e. The molecule has 1 aliphatic heterocycles. The number of nitrogens with one attached hydrogen (secondary N) is 1. The van der Waals surface area contributed by atoms with Crippen molar-refractivity contribution in [1.29, 1.82) is 0 Å². The summed E-state index contributed by atoms with van der Waals surface area (Å²) in [5.41, 5.74) is 3.41. The van der Waals surface area contributed by atoms with Crippen LogP contribution in [0.3, 0.4) is 0 Å². The number of nitrogens with zero attached hydrogens (tertiary/aromatic N) is 2. The maximum atomic E-state index is 12.1. The molecular weight excluding hydrogens is 414 g/mol. The Morgan fingerprint density at radius 3 is 2.86 bits per heavy atom. The zero-order valence-corrected chi connectivity index (χ0v) is 17.8. The lowest BCUT2D eigenvalue weighted by molar-refractivity contribution is -0.115. The van der Waals surface area contributed by atoms with Crippen LogP contribution in [0.25, 0.3) is 11.3 Å². The van der Waals surface area contributed by atoms with Gasteiger partial charge in [0, 0.05) is 21.9 Å². The number of sulfonamides is 1. The van der Waals surface area contributed by atoms with Crippen LogP contribution in [0.2, 0.25) is 0 Å². The van der Waals surface area contributed by atoms with E-state index in [2.05, 4.69) is 10.3 Å². The first kappa shape index (κ1) is 19.1. The number of hydrogen-bond donors (Lipinski definition) is 1. The van der Waals surface area contributed by atoms with Crippen LogP contribution in [0.15, 0.2) is 41.1 Å². The summed E-state index contributed by atoms with van der Waals surface area (Å²) in [7, 11) is -3.30. The van der Waals surface area contributed by atoms with E-state index in [4.69, 9.17) is 0 Å². The Balaban J connectivity index is 1.52. The van der Waals surface area contributed by atoms with Crippen molar-refractivity contribution >= 4 is 49.4 Å². The van der Waals surface area contributed by atoms with Crippen molar-refractivity contribution < 1.29 is 13.2 Å². The van der Waals surface area contributed by atoms with Crippen LogP contribution in [-0.2, 0) is 27.7 Å². The van der Waals surface area contributed by atoms with Gasteiger partial charge in [-0.15, -0.1) is 22.7 Å². The number of aromatic nitrogens is 1. The van der Waals surface area contributed by atoms with Gasteiger partial charge in [0.1, 0.15) is 0 Å². The summed E-state index contributed by atoms with van der Waals surface area (Å²) in [5.74, 6) is -0.0880. The molecule has 1 aliphatic rings. The molecule has 6 nitrogen and oxygen atoms in total. The fraction of sp³-hybridized carbons (Fsp3) is 0.263. The van der Waals surface area contributed by atoms with E-state index in [1.54, 1.807) is 11.3 Å². The zero-order valence-electron chi connectivity index (χ0n) is 15.4. The van der Waals surface area contributed by atoms with Gasteiger partial charge in [-0.05, 0) is 42.5 Å². The summed E-state index contributed by atoms with van der Waals surface area (Å²) >= 11 is 2.93. The van der Waals surface area contributed by atoms with Gasteiger partial charge in [-0.1, -0.05) is 12.1 Å². The Hall–Kier alpha value is -2.23. The second kappa shape index (κ2) is 7.31. The molecule has 0 aliphatic carbocycles. The molecule has 0 saturated carbocycles. The predicted molar refractivity (Wildman–Crippen MR) is 115 cm³/mol. The molecule has 28 heavy (non-hydrogen) atoms. The van der Waals surface area contributed by atoms with Gasteiger partial charge in [-0.3, -0.25) is 9.10 Å². The van der Waals surface area contributed by atoms with Crippen molar-refractivity contribution in [3.8, 4) is 11.3 Å². The van der Waals surface area contributed by atoms with Gasteiger partial charge in [0.2, 0.25) is 15.9 Å². The third-order valence-electron chi connectivity index (χ3n) is 4.55. The molecule has 1 amide bonds. The standard InChI is InChI=1S/C19H19N3O3S3/c1-12-8-14-9-13(5-6-17(14)22(12)28(2,24)25)16-11-27-19(20-16)21-18(23)10-15-4-3-7-26-15/h3-7,9,11-12H,8,10H2,1-2H3,(H,20,21,23)/t12-/m1/s1. The van der Waals surface area contributed by atoms with Gasteiger partial charge < -0.3 is 5.32 Å². The van der Waals surface area contributed by atoms with Crippen LogP contribution in [0.4, 0.5) is 10.8 Å². The van der Waals surface area contributed by atoms with Crippen LogP contribution < -0.4 is 9.62 Å². The highest BCUT2D eigenvalue weighted by Gasteiger charge is 2.32. The Bertz CT molecular complexity index is 1120. The quantitative estimate of drug-likeness (QED) is 0.664. The van der Waals surface area contributed by atoms with Crippen LogP contribution in [-0.4, -0.2) is 31.6 Å². The molecule has 9 heteroatoms. The molecule has 0 saturated heterocycles. The predicted octanol–water partition coefficient (Wildman–Crippen LogP) is 3.76. The first-order valence-corrected chi connectivity index (χ1v) is 12.3. The summed E-state index contributed by atoms with van der Waals surface area (Å²) in [6, 6.07) is 9.47. The van der Waals surface area contributed by atoms with Gasteiger partial charge in [-0.25, -0.2) is 13.4 Å². The molecule has 3 heterocycles. The van der Waals surface area contributed by atoms with E-state index in [9.17, 15) is 13.2 Å². The number of hydrogen-bond acceptors (Lipinski definition) is 6. The number of thiazole rings is 1. The fourth-order valence-electron chi connectivity index (χ4n) is 3.47. The van der Waals surface area contributed by atoms with E-state index < -0.39 is 10.0 Å². The van der Waals surface area contributed by atoms with Gasteiger partial charge in [0.25, 0.3) is 0 Å². The van der Waals surface area contributed by atoms with E-state index in [1.165, 1.54) is 21.9 Å². The second-order valence-corrected chi connectivity index (χ2v) is 10.5. The van der Waals surface area contributed by atoms with Crippen molar-refractivity contribution in [2.75, 3.05) is 15.9 Å². The monoisotopic (exact) mass is 433 g/mol. The minimum Gasteiger partial charge on any atom is -0.302 e. The average molecular weight is 434 g/mol. The van der Waals surface area contributed by atoms with Crippen LogP contribution >= 0.6 is 22.7 Å². The number of amides is 1. The summed E-state index contributed by atoms with van der Waals surface area (Å²) < 4.78 is 25.6. The van der Waals surface area contributed by atoms with Gasteiger partial charge in [0.15, 0.2) is 5.13 Å². The highest BCUT2D eigenvalue weighted by molar-refractivity contribution is 7.92. The zero-order chi connectivity index (χ0) is 19.9. The van der Waals surface area contributed by atoms with Crippen molar-refractivity contribution in [2.45, 2.75) is 25.8 Å². The van der Waals surface area contributed by atoms with E-state index in [1.807, 2.05) is 48.0 Å². The molecular formula is C19H19N3O3S3. The topological polar surface area (TPSA) is 79.4 Å². The summed E-state index contributed by atoms with van der Waals surface area (Å²) in [5, 5.41) is 7.25. The molecule has 1 N–H and O–H groups in total. The fourth-order valence-corrected chi connectivity index (χ4v) is 6.17. The number of fused-ring (bicyclic) bond motifs is 1. The summed E-state index contributed by atoms with van der Waals surface area (Å²) in [6.07, 6.45) is 2.24. The van der Waals surface area contributed by atoms with Crippen molar-refractivity contribution in [3.63, 3.8) is 0 Å².